The number of nitrogens with zero attached hydrogens (tertiary/aromatic N) is 2. The van der Waals surface area contributed by atoms with Crippen molar-refractivity contribution in [2.24, 2.45) is 5.73 Å². The van der Waals surface area contributed by atoms with Crippen LogP contribution >= 0.6 is 0 Å². The number of carboxylic acid groups (broad SMARTS) is 1. The number of fused-ring (bicyclic) bond motifs is 1. The first-order valence-corrected chi connectivity index (χ1v) is 4.70. The van der Waals surface area contributed by atoms with E-state index in [1.54, 1.807) is 17.5 Å². The van der Waals surface area contributed by atoms with Crippen molar-refractivity contribution >= 4 is 11.5 Å². The molecular weight excluding hydrogens is 210 g/mol. The van der Waals surface area contributed by atoms with Crippen LogP contribution in [-0.4, -0.2) is 25.6 Å². The van der Waals surface area contributed by atoms with Crippen LogP contribution in [0.5, 0.6) is 5.75 Å². The lowest BCUT2D eigenvalue weighted by molar-refractivity contribution is 0.0693. The Hall–Kier alpha value is -2.08. The molecule has 0 aromatic carbocycles. The van der Waals surface area contributed by atoms with E-state index < -0.39 is 5.97 Å². The molecule has 0 saturated carbocycles. The van der Waals surface area contributed by atoms with Crippen molar-refractivity contribution in [2.45, 2.75) is 13.0 Å². The maximum atomic E-state index is 11.0. The van der Waals surface area contributed by atoms with Gasteiger partial charge >= 0.3 is 5.97 Å². The summed E-state index contributed by atoms with van der Waals surface area (Å²) in [5.74, 6) is -0.700. The minimum Gasteiger partial charge on any atom is -0.508 e. The number of nitrogens with two attached hydrogens (primary N) is 1. The van der Waals surface area contributed by atoms with E-state index in [2.05, 4.69) is 4.98 Å². The van der Waals surface area contributed by atoms with Crippen molar-refractivity contribution in [3.63, 3.8) is 0 Å². The molecule has 2 aromatic rings. The summed E-state index contributed by atoms with van der Waals surface area (Å²) in [5.41, 5.74) is 5.92. The normalized spacial score (nSPS) is 12.9. The molecule has 2 aromatic heterocycles. The Labute approximate surface area is 91.0 Å². The molecule has 0 radical (unpaired) electrons. The van der Waals surface area contributed by atoms with E-state index in [9.17, 15) is 9.90 Å². The van der Waals surface area contributed by atoms with E-state index in [4.69, 9.17) is 10.8 Å². The Morgan fingerprint density at radius 3 is 2.88 bits per heavy atom. The molecule has 6 heteroatoms. The van der Waals surface area contributed by atoms with Gasteiger partial charge in [-0.05, 0) is 13.0 Å². The Morgan fingerprint density at radius 1 is 1.62 bits per heavy atom. The zero-order chi connectivity index (χ0) is 11.9. The van der Waals surface area contributed by atoms with Gasteiger partial charge in [0.15, 0.2) is 5.69 Å². The van der Waals surface area contributed by atoms with Crippen LogP contribution in [0.1, 0.15) is 29.3 Å². The maximum absolute atomic E-state index is 11.0. The van der Waals surface area contributed by atoms with Gasteiger partial charge < -0.3 is 20.3 Å². The quantitative estimate of drug-likeness (QED) is 0.694. The fraction of sp³-hybridized carbons (Fsp3) is 0.200. The third-order valence-corrected chi connectivity index (χ3v) is 2.26. The lowest BCUT2D eigenvalue weighted by Crippen LogP contribution is -2.09. The summed E-state index contributed by atoms with van der Waals surface area (Å²) in [5, 5.41) is 18.3. The van der Waals surface area contributed by atoms with Crippen molar-refractivity contribution in [3.8, 4) is 5.75 Å². The first-order chi connectivity index (χ1) is 7.50. The smallest absolute Gasteiger partial charge is 0.356 e. The van der Waals surface area contributed by atoms with E-state index >= 15 is 0 Å². The monoisotopic (exact) mass is 221 g/mol. The van der Waals surface area contributed by atoms with Gasteiger partial charge in [0.2, 0.25) is 0 Å². The van der Waals surface area contributed by atoms with Crippen LogP contribution in [0.15, 0.2) is 18.3 Å². The number of pyridine rings is 1. The summed E-state index contributed by atoms with van der Waals surface area (Å²) >= 11 is 0. The molecule has 16 heavy (non-hydrogen) atoms. The molecule has 84 valence electrons. The fourth-order valence-corrected chi connectivity index (χ4v) is 1.58. The maximum Gasteiger partial charge on any atom is 0.356 e. The number of carboxylic acids is 1. The zero-order valence-corrected chi connectivity index (χ0v) is 8.58. The van der Waals surface area contributed by atoms with Gasteiger partial charge in [-0.2, -0.15) is 0 Å². The number of carbonyl (C=O) groups is 1. The number of aromatic nitrogens is 2. The van der Waals surface area contributed by atoms with E-state index in [0.717, 1.165) is 0 Å². The molecule has 0 aliphatic heterocycles. The van der Waals surface area contributed by atoms with Crippen LogP contribution in [0.4, 0.5) is 0 Å². The van der Waals surface area contributed by atoms with Crippen LogP contribution in [0.2, 0.25) is 0 Å². The summed E-state index contributed by atoms with van der Waals surface area (Å²) < 4.78 is 1.56. The fourth-order valence-electron chi connectivity index (χ4n) is 1.58. The molecule has 1 unspecified atom stereocenters. The van der Waals surface area contributed by atoms with E-state index in [1.807, 2.05) is 0 Å². The average Bonchev–Trinajstić information content (AvgIpc) is 2.56. The molecule has 1 atom stereocenters. The molecular formula is C10H11N3O3. The molecule has 0 bridgehead atoms. The number of aromatic carboxylic acids is 1. The molecule has 2 heterocycles. The molecule has 2 rings (SSSR count). The number of hydrogen-bond donors (Lipinski definition) is 3. The highest BCUT2D eigenvalue weighted by molar-refractivity contribution is 5.94. The van der Waals surface area contributed by atoms with Crippen molar-refractivity contribution in [1.29, 1.82) is 0 Å². The summed E-state index contributed by atoms with van der Waals surface area (Å²) in [6.07, 6.45) is 1.54. The average molecular weight is 221 g/mol. The molecule has 0 fully saturated rings. The van der Waals surface area contributed by atoms with E-state index in [0.29, 0.717) is 11.3 Å². The Balaban J connectivity index is 2.81. The number of hydrogen-bond acceptors (Lipinski definition) is 4. The first kappa shape index (κ1) is 10.4. The highest BCUT2D eigenvalue weighted by Gasteiger charge is 2.18. The number of imidazole rings is 1. The lowest BCUT2D eigenvalue weighted by atomic mass is 10.3. The van der Waals surface area contributed by atoms with Crippen molar-refractivity contribution < 1.29 is 15.0 Å². The van der Waals surface area contributed by atoms with Crippen LogP contribution in [0, 0.1) is 0 Å². The second kappa shape index (κ2) is 3.49. The summed E-state index contributed by atoms with van der Waals surface area (Å²) in [4.78, 5) is 14.9. The third-order valence-electron chi connectivity index (χ3n) is 2.26. The molecule has 6 nitrogen and oxygen atoms in total. The van der Waals surface area contributed by atoms with Crippen LogP contribution in [-0.2, 0) is 0 Å². The molecule has 0 spiro atoms. The minimum absolute atomic E-state index is 0.00822. The zero-order valence-electron chi connectivity index (χ0n) is 8.58. The van der Waals surface area contributed by atoms with Crippen molar-refractivity contribution in [3.05, 3.63) is 29.8 Å². The largest absolute Gasteiger partial charge is 0.508 e. The molecule has 0 amide bonds. The standard InChI is InChI=1S/C10H11N3O3/c1-5(11)9-12-8(10(15)16)7-4-6(14)2-3-13(7)9/h2-5,14H,11H2,1H3,(H,15,16). The van der Waals surface area contributed by atoms with Gasteiger partial charge in [-0.3, -0.25) is 0 Å². The predicted molar refractivity (Wildman–Crippen MR) is 56.4 cm³/mol. The Morgan fingerprint density at radius 2 is 2.31 bits per heavy atom. The van der Waals surface area contributed by atoms with E-state index in [1.165, 1.54) is 12.1 Å². The van der Waals surface area contributed by atoms with Crippen molar-refractivity contribution in [1.82, 2.24) is 9.38 Å². The first-order valence-electron chi connectivity index (χ1n) is 4.70. The third kappa shape index (κ3) is 1.49. The summed E-state index contributed by atoms with van der Waals surface area (Å²) in [6, 6.07) is 2.42. The Kier molecular flexibility index (Phi) is 2.28. The molecule has 0 saturated heterocycles. The van der Waals surface area contributed by atoms with Crippen LogP contribution in [0.25, 0.3) is 5.52 Å². The Bertz CT molecular complexity index is 560. The van der Waals surface area contributed by atoms with E-state index in [-0.39, 0.29) is 17.5 Å². The SMILES string of the molecule is CC(N)c1nc(C(=O)O)c2cc(O)ccn12. The predicted octanol–water partition coefficient (Wildman–Crippen LogP) is 0.758. The highest BCUT2D eigenvalue weighted by Crippen LogP contribution is 2.21. The second-order valence-corrected chi connectivity index (χ2v) is 3.55. The van der Waals surface area contributed by atoms with Gasteiger partial charge in [0.25, 0.3) is 0 Å². The van der Waals surface area contributed by atoms with Crippen LogP contribution in [0.3, 0.4) is 0 Å². The summed E-state index contributed by atoms with van der Waals surface area (Å²) in [6.45, 7) is 1.72. The highest BCUT2D eigenvalue weighted by atomic mass is 16.4. The van der Waals surface area contributed by atoms with Crippen LogP contribution < -0.4 is 5.73 Å². The number of aromatic hydroxyl groups is 1. The van der Waals surface area contributed by atoms with Gasteiger partial charge in [-0.15, -0.1) is 0 Å². The van der Waals surface area contributed by atoms with Gasteiger partial charge in [-0.1, -0.05) is 0 Å². The molecule has 0 aliphatic carbocycles. The molecule has 0 aliphatic rings. The number of rotatable bonds is 2. The van der Waals surface area contributed by atoms with Gasteiger partial charge in [0.05, 0.1) is 11.6 Å². The van der Waals surface area contributed by atoms with Gasteiger partial charge in [0.1, 0.15) is 11.6 Å². The molecule has 4 N–H and O–H groups in total. The second-order valence-electron chi connectivity index (χ2n) is 3.55. The van der Waals surface area contributed by atoms with Crippen molar-refractivity contribution in [2.75, 3.05) is 0 Å². The lowest BCUT2D eigenvalue weighted by Gasteiger charge is -2.03. The van der Waals surface area contributed by atoms with Gasteiger partial charge in [0, 0.05) is 12.3 Å². The summed E-state index contributed by atoms with van der Waals surface area (Å²) in [7, 11) is 0. The van der Waals surface area contributed by atoms with Gasteiger partial charge in [-0.25, -0.2) is 9.78 Å². The topological polar surface area (TPSA) is 101 Å². The minimum atomic E-state index is -1.14.